The van der Waals surface area contributed by atoms with Gasteiger partial charge in [0.2, 0.25) is 0 Å². The Labute approximate surface area is 264 Å². The Bertz CT molecular complexity index is 1960. The van der Waals surface area contributed by atoms with Crippen LogP contribution in [0.2, 0.25) is 0 Å². The van der Waals surface area contributed by atoms with Gasteiger partial charge in [0.25, 0.3) is 0 Å². The summed E-state index contributed by atoms with van der Waals surface area (Å²) >= 11 is 0. The number of fused-ring (bicyclic) bond motifs is 2. The van der Waals surface area contributed by atoms with Crippen LogP contribution in [0.5, 0.6) is 0 Å². The van der Waals surface area contributed by atoms with E-state index in [-0.39, 0.29) is 27.9 Å². The molecule has 3 aliphatic rings. The van der Waals surface area contributed by atoms with Crippen molar-refractivity contribution in [2.75, 3.05) is 17.2 Å². The van der Waals surface area contributed by atoms with E-state index < -0.39 is 24.2 Å². The quantitative estimate of drug-likeness (QED) is 0.160. The van der Waals surface area contributed by atoms with Gasteiger partial charge in [-0.05, 0) is 75.3 Å². The molecule has 2 saturated carbocycles. The van der Waals surface area contributed by atoms with E-state index in [0.717, 1.165) is 48.9 Å². The number of nitrogens with zero attached hydrogens (tertiary/aromatic N) is 5. The topological polar surface area (TPSA) is 125 Å². The van der Waals surface area contributed by atoms with Crippen molar-refractivity contribution in [3.05, 3.63) is 83.4 Å². The summed E-state index contributed by atoms with van der Waals surface area (Å²) in [5.41, 5.74) is 8.73. The van der Waals surface area contributed by atoms with Crippen LogP contribution in [0.15, 0.2) is 66.8 Å². The fraction of sp³-hybridized carbons (Fsp3) is 0.353. The third-order valence-corrected chi connectivity index (χ3v) is 9.47. The molecule has 2 aromatic carbocycles. The summed E-state index contributed by atoms with van der Waals surface area (Å²) in [7, 11) is 0. The van der Waals surface area contributed by atoms with Gasteiger partial charge in [-0.1, -0.05) is 18.2 Å². The van der Waals surface area contributed by atoms with Crippen molar-refractivity contribution in [1.29, 1.82) is 10.5 Å². The monoisotopic (exact) mass is 623 g/mol. The lowest BCUT2D eigenvalue weighted by atomic mass is 9.92. The van der Waals surface area contributed by atoms with Gasteiger partial charge in [0.15, 0.2) is 0 Å². The van der Waals surface area contributed by atoms with Crippen molar-refractivity contribution in [3.63, 3.8) is 0 Å². The number of halogens is 3. The molecule has 3 heterocycles. The zero-order chi connectivity index (χ0) is 32.3. The summed E-state index contributed by atoms with van der Waals surface area (Å²) in [5.74, 6) is 0.666. The molecule has 4 aromatic rings. The molecule has 0 spiro atoms. The highest BCUT2D eigenvalue weighted by Crippen LogP contribution is 2.57. The van der Waals surface area contributed by atoms with Crippen molar-refractivity contribution in [1.82, 2.24) is 25.9 Å². The van der Waals surface area contributed by atoms with Crippen LogP contribution in [0.25, 0.3) is 21.8 Å². The van der Waals surface area contributed by atoms with Gasteiger partial charge in [-0.25, -0.2) is 0 Å². The second-order valence-electron chi connectivity index (χ2n) is 13.0. The molecule has 1 atom stereocenters. The molecule has 0 amide bonds. The number of nitriles is 2. The fourth-order valence-electron chi connectivity index (χ4n) is 6.33. The first-order valence-electron chi connectivity index (χ1n) is 15.3. The molecule has 0 radical (unpaired) electrons. The molecule has 0 saturated heterocycles. The van der Waals surface area contributed by atoms with Crippen molar-refractivity contribution in [3.8, 4) is 12.1 Å². The number of nitrogens with one attached hydrogen (secondary N) is 4. The number of rotatable bonds is 9. The number of alkyl halides is 3. The zero-order valence-corrected chi connectivity index (χ0v) is 25.3. The van der Waals surface area contributed by atoms with Gasteiger partial charge in [-0.2, -0.15) is 23.7 Å². The van der Waals surface area contributed by atoms with Gasteiger partial charge in [-0.15, -0.1) is 5.53 Å². The van der Waals surface area contributed by atoms with Gasteiger partial charge >= 0.3 is 6.18 Å². The second-order valence-corrected chi connectivity index (χ2v) is 13.0. The smallest absolute Gasteiger partial charge is 0.382 e. The SMILES string of the molecule is CC(C)(CNc1c(C#N)cnc2c(C#N)cc(N[C@H](C3=CN(C4(C5CC5)CC4)NN3)c3cccc4ncccc34)cc12)C(F)(F)F. The lowest BCUT2D eigenvalue weighted by Crippen LogP contribution is -2.46. The number of aromatic nitrogens is 2. The van der Waals surface area contributed by atoms with E-state index in [9.17, 15) is 23.7 Å². The van der Waals surface area contributed by atoms with E-state index in [0.29, 0.717) is 17.0 Å². The Morgan fingerprint density at radius 1 is 1.04 bits per heavy atom. The maximum absolute atomic E-state index is 13.7. The van der Waals surface area contributed by atoms with Gasteiger partial charge in [0.1, 0.15) is 12.1 Å². The standard InChI is InChI=1S/C34H32F3N9/c1-32(2,34(35,36)37)19-42-30-21(16-39)17-41-29-20(15-38)13-23(14-26(29)30)43-31(25-5-3-7-27-24(25)6-4-12-40-27)28-18-46(45-44-28)33(10-11-33)22-8-9-22/h3-7,12-14,17-18,22,31,43-45H,8-11,19H2,1-2H3,(H,41,42)/t31-/m0/s1. The third kappa shape index (κ3) is 5.09. The van der Waals surface area contributed by atoms with Gasteiger partial charge in [0, 0.05) is 41.6 Å². The second kappa shape index (κ2) is 10.8. The minimum Gasteiger partial charge on any atom is -0.382 e. The van der Waals surface area contributed by atoms with Crippen LogP contribution < -0.4 is 21.6 Å². The first kappa shape index (κ1) is 29.6. The molecule has 2 aromatic heterocycles. The highest BCUT2D eigenvalue weighted by atomic mass is 19.4. The largest absolute Gasteiger partial charge is 0.395 e. The minimum atomic E-state index is -4.47. The Kier molecular flexibility index (Phi) is 6.94. The van der Waals surface area contributed by atoms with Gasteiger partial charge in [0.05, 0.1) is 50.5 Å². The maximum atomic E-state index is 13.7. The average Bonchev–Trinajstić information content (AvgIpc) is 3.98. The lowest BCUT2D eigenvalue weighted by molar-refractivity contribution is -0.206. The molecule has 4 N–H and O–H groups in total. The highest BCUT2D eigenvalue weighted by Gasteiger charge is 2.58. The fourth-order valence-corrected chi connectivity index (χ4v) is 6.33. The molecule has 2 fully saturated rings. The summed E-state index contributed by atoms with van der Waals surface area (Å²) in [6, 6.07) is 17.0. The third-order valence-electron chi connectivity index (χ3n) is 9.47. The first-order chi connectivity index (χ1) is 22.0. The van der Waals surface area contributed by atoms with Crippen LogP contribution >= 0.6 is 0 Å². The molecule has 9 nitrogen and oxygen atoms in total. The Hall–Kier alpha value is -5.07. The van der Waals surface area contributed by atoms with Crippen LogP contribution in [0, 0.1) is 34.0 Å². The van der Waals surface area contributed by atoms with E-state index in [1.54, 1.807) is 18.3 Å². The minimum absolute atomic E-state index is 0.0815. The molecule has 7 rings (SSSR count). The van der Waals surface area contributed by atoms with E-state index in [1.807, 2.05) is 36.4 Å². The van der Waals surface area contributed by atoms with Crippen LogP contribution in [-0.4, -0.2) is 33.2 Å². The molecule has 234 valence electrons. The van der Waals surface area contributed by atoms with Crippen molar-refractivity contribution < 1.29 is 13.2 Å². The zero-order valence-electron chi connectivity index (χ0n) is 25.3. The highest BCUT2D eigenvalue weighted by molar-refractivity contribution is 5.99. The summed E-state index contributed by atoms with van der Waals surface area (Å²) in [4.78, 5) is 8.90. The maximum Gasteiger partial charge on any atom is 0.395 e. The summed E-state index contributed by atoms with van der Waals surface area (Å²) in [6.07, 6.45) is 5.35. The Balaban J connectivity index is 1.33. The van der Waals surface area contributed by atoms with Gasteiger partial charge in [-0.3, -0.25) is 15.0 Å². The van der Waals surface area contributed by atoms with E-state index in [4.69, 9.17) is 0 Å². The summed E-state index contributed by atoms with van der Waals surface area (Å²) in [6.45, 7) is 1.72. The van der Waals surface area contributed by atoms with Crippen LogP contribution in [0.4, 0.5) is 24.5 Å². The van der Waals surface area contributed by atoms with Crippen molar-refractivity contribution >= 4 is 33.2 Å². The molecule has 0 bridgehead atoms. The lowest BCUT2D eigenvalue weighted by Gasteiger charge is -2.29. The number of hydrazine groups is 2. The van der Waals surface area contributed by atoms with Crippen molar-refractivity contribution in [2.24, 2.45) is 11.3 Å². The number of benzene rings is 2. The molecular weight excluding hydrogens is 591 g/mol. The van der Waals surface area contributed by atoms with Crippen LogP contribution in [0.3, 0.4) is 0 Å². The number of hydrogen-bond donors (Lipinski definition) is 4. The summed E-state index contributed by atoms with van der Waals surface area (Å²) in [5, 5.41) is 30.0. The first-order valence-corrected chi connectivity index (χ1v) is 15.3. The normalized spacial score (nSPS) is 18.0. The molecule has 46 heavy (non-hydrogen) atoms. The molecular formula is C34H32F3N9. The average molecular weight is 624 g/mol. The number of hydrogen-bond acceptors (Lipinski definition) is 9. The van der Waals surface area contributed by atoms with Gasteiger partial charge < -0.3 is 16.1 Å². The number of pyridine rings is 2. The molecule has 12 heteroatoms. The molecule has 2 aliphatic carbocycles. The Morgan fingerprint density at radius 3 is 2.52 bits per heavy atom. The Morgan fingerprint density at radius 2 is 1.83 bits per heavy atom. The summed E-state index contributed by atoms with van der Waals surface area (Å²) < 4.78 is 41.2. The molecule has 0 unspecified atom stereocenters. The number of anilines is 2. The van der Waals surface area contributed by atoms with Crippen LogP contribution in [0.1, 0.15) is 62.3 Å². The molecule has 1 aliphatic heterocycles. The van der Waals surface area contributed by atoms with E-state index in [1.165, 1.54) is 19.0 Å². The predicted molar refractivity (Wildman–Crippen MR) is 168 cm³/mol. The predicted octanol–water partition coefficient (Wildman–Crippen LogP) is 6.79. The van der Waals surface area contributed by atoms with E-state index in [2.05, 4.69) is 48.8 Å². The van der Waals surface area contributed by atoms with Crippen LogP contribution in [-0.2, 0) is 0 Å². The van der Waals surface area contributed by atoms with E-state index >= 15 is 0 Å². The van der Waals surface area contributed by atoms with Crippen molar-refractivity contribution in [2.45, 2.75) is 57.3 Å².